The van der Waals surface area contributed by atoms with Crippen LogP contribution in [0.2, 0.25) is 0 Å². The molecule has 4 heteroatoms. The van der Waals surface area contributed by atoms with Gasteiger partial charge in [0.2, 0.25) is 0 Å². The summed E-state index contributed by atoms with van der Waals surface area (Å²) in [6.07, 6.45) is 3.15. The summed E-state index contributed by atoms with van der Waals surface area (Å²) in [6, 6.07) is 0.565. The van der Waals surface area contributed by atoms with Crippen LogP contribution in [-0.4, -0.2) is 36.6 Å². The summed E-state index contributed by atoms with van der Waals surface area (Å²) in [6.45, 7) is 6.36. The van der Waals surface area contributed by atoms with Crippen LogP contribution in [0.5, 0.6) is 0 Å². The van der Waals surface area contributed by atoms with Crippen molar-refractivity contribution in [1.82, 2.24) is 15.2 Å². The Balaban J connectivity index is 2.19. The largest absolute Gasteiger partial charge is 0.309 e. The lowest BCUT2D eigenvalue weighted by Gasteiger charge is -2.15. The fraction of sp³-hybridized carbons (Fsp3) is 0.727. The molecule has 3 nitrogen and oxygen atoms in total. The summed E-state index contributed by atoms with van der Waals surface area (Å²) in [5.74, 6) is 0. The lowest BCUT2D eigenvalue weighted by atomic mass is 10.2. The van der Waals surface area contributed by atoms with Crippen molar-refractivity contribution in [2.24, 2.45) is 0 Å². The fourth-order valence-electron chi connectivity index (χ4n) is 1.32. The zero-order valence-corrected chi connectivity index (χ0v) is 10.9. The second-order valence-electron chi connectivity index (χ2n) is 4.22. The van der Waals surface area contributed by atoms with Gasteiger partial charge in [-0.3, -0.25) is 0 Å². The van der Waals surface area contributed by atoms with Gasteiger partial charge in [-0.25, -0.2) is 4.98 Å². The average Bonchev–Trinajstić information content (AvgIpc) is 2.58. The highest BCUT2D eigenvalue weighted by molar-refractivity contribution is 7.11. The lowest BCUT2D eigenvalue weighted by Crippen LogP contribution is -2.29. The first-order valence-corrected chi connectivity index (χ1v) is 6.19. The van der Waals surface area contributed by atoms with Crippen molar-refractivity contribution in [2.75, 3.05) is 20.6 Å². The van der Waals surface area contributed by atoms with Crippen LogP contribution in [0.4, 0.5) is 0 Å². The second-order valence-corrected chi connectivity index (χ2v) is 5.54. The number of aromatic nitrogens is 1. The quantitative estimate of drug-likeness (QED) is 0.804. The van der Waals surface area contributed by atoms with E-state index < -0.39 is 0 Å². The number of nitrogens with one attached hydrogen (secondary N) is 1. The van der Waals surface area contributed by atoms with Crippen molar-refractivity contribution in [3.8, 4) is 0 Å². The van der Waals surface area contributed by atoms with Crippen molar-refractivity contribution in [3.05, 3.63) is 16.1 Å². The monoisotopic (exact) mass is 227 g/mol. The van der Waals surface area contributed by atoms with Gasteiger partial charge in [0.1, 0.15) is 0 Å². The highest BCUT2D eigenvalue weighted by atomic mass is 32.1. The first kappa shape index (κ1) is 12.6. The zero-order chi connectivity index (χ0) is 11.3. The number of hydrogen-bond donors (Lipinski definition) is 1. The molecule has 0 bridgehead atoms. The maximum Gasteiger partial charge on any atom is 0.0897 e. The molecule has 1 aromatic heterocycles. The molecular weight excluding hydrogens is 206 g/mol. The molecule has 1 N–H and O–H groups in total. The van der Waals surface area contributed by atoms with Gasteiger partial charge in [0, 0.05) is 23.7 Å². The van der Waals surface area contributed by atoms with Crippen LogP contribution in [0.25, 0.3) is 0 Å². The van der Waals surface area contributed by atoms with Gasteiger partial charge in [0.15, 0.2) is 0 Å². The number of thiazole rings is 1. The predicted octanol–water partition coefficient (Wildman–Crippen LogP) is 1.88. The van der Waals surface area contributed by atoms with Gasteiger partial charge in [-0.1, -0.05) is 0 Å². The molecule has 0 aromatic carbocycles. The predicted molar refractivity (Wildman–Crippen MR) is 66.3 cm³/mol. The Kier molecular flexibility index (Phi) is 5.22. The topological polar surface area (TPSA) is 28.2 Å². The minimum absolute atomic E-state index is 0.565. The van der Waals surface area contributed by atoms with Gasteiger partial charge in [-0.15, -0.1) is 11.3 Å². The van der Waals surface area contributed by atoms with E-state index in [9.17, 15) is 0 Å². The number of nitrogens with zero attached hydrogens (tertiary/aromatic N) is 2. The molecule has 15 heavy (non-hydrogen) atoms. The Morgan fingerprint density at radius 2 is 2.27 bits per heavy atom. The molecule has 1 aromatic rings. The number of rotatable bonds is 6. The molecule has 0 aliphatic heterocycles. The highest BCUT2D eigenvalue weighted by Crippen LogP contribution is 2.11. The summed E-state index contributed by atoms with van der Waals surface area (Å²) in [4.78, 5) is 7.78. The Labute approximate surface area is 96.5 Å². The summed E-state index contributed by atoms with van der Waals surface area (Å²) in [5.41, 5.74) is 0. The molecule has 1 rings (SSSR count). The molecule has 0 saturated heterocycles. The Bertz CT molecular complexity index is 283. The number of hydrogen-bond acceptors (Lipinski definition) is 4. The van der Waals surface area contributed by atoms with E-state index in [1.165, 1.54) is 11.3 Å². The van der Waals surface area contributed by atoms with Crippen molar-refractivity contribution >= 4 is 11.3 Å². The third kappa shape index (κ3) is 5.25. The molecule has 0 radical (unpaired) electrons. The van der Waals surface area contributed by atoms with Gasteiger partial charge >= 0.3 is 0 Å². The Hall–Kier alpha value is -0.450. The molecule has 86 valence electrons. The van der Waals surface area contributed by atoms with Crippen molar-refractivity contribution in [1.29, 1.82) is 0 Å². The third-order valence-corrected chi connectivity index (χ3v) is 3.22. The molecule has 0 fully saturated rings. The molecule has 0 aliphatic rings. The first-order valence-electron chi connectivity index (χ1n) is 5.37. The van der Waals surface area contributed by atoms with E-state index in [4.69, 9.17) is 0 Å². The molecule has 1 heterocycles. The van der Waals surface area contributed by atoms with Gasteiger partial charge in [-0.05, 0) is 40.9 Å². The van der Waals surface area contributed by atoms with Gasteiger partial charge in [0.05, 0.1) is 5.01 Å². The van der Waals surface area contributed by atoms with Crippen LogP contribution in [0.3, 0.4) is 0 Å². The summed E-state index contributed by atoms with van der Waals surface area (Å²) in [7, 11) is 4.22. The zero-order valence-electron chi connectivity index (χ0n) is 10.1. The molecule has 0 aliphatic carbocycles. The van der Waals surface area contributed by atoms with Crippen LogP contribution in [0.15, 0.2) is 6.20 Å². The van der Waals surface area contributed by atoms with E-state index in [1.807, 2.05) is 13.1 Å². The average molecular weight is 227 g/mol. The second kappa shape index (κ2) is 6.20. The van der Waals surface area contributed by atoms with E-state index >= 15 is 0 Å². The van der Waals surface area contributed by atoms with E-state index in [0.29, 0.717) is 6.04 Å². The minimum atomic E-state index is 0.565. The third-order valence-electron chi connectivity index (χ3n) is 2.30. The van der Waals surface area contributed by atoms with Crippen molar-refractivity contribution < 1.29 is 0 Å². The minimum Gasteiger partial charge on any atom is -0.309 e. The van der Waals surface area contributed by atoms with Crippen LogP contribution < -0.4 is 5.32 Å². The van der Waals surface area contributed by atoms with Crippen LogP contribution in [-0.2, 0) is 6.54 Å². The summed E-state index contributed by atoms with van der Waals surface area (Å²) >= 11 is 1.77. The molecular formula is C11H21N3S. The Morgan fingerprint density at radius 3 is 2.80 bits per heavy atom. The van der Waals surface area contributed by atoms with Gasteiger partial charge in [0.25, 0.3) is 0 Å². The SMILES string of the molecule is Cc1ncc(CNC(C)CCN(C)C)s1. The molecule has 0 saturated carbocycles. The molecule has 1 unspecified atom stereocenters. The molecule has 0 amide bonds. The summed E-state index contributed by atoms with van der Waals surface area (Å²) in [5, 5.41) is 4.66. The Morgan fingerprint density at radius 1 is 1.53 bits per heavy atom. The standard InChI is InChI=1S/C11H21N3S/c1-9(5-6-14(3)4)12-7-11-8-13-10(2)15-11/h8-9,12H,5-7H2,1-4H3. The van der Waals surface area contributed by atoms with E-state index in [0.717, 1.165) is 18.1 Å². The van der Waals surface area contributed by atoms with Crippen LogP contribution in [0, 0.1) is 6.92 Å². The highest BCUT2D eigenvalue weighted by Gasteiger charge is 2.03. The van der Waals surface area contributed by atoms with Crippen molar-refractivity contribution in [3.63, 3.8) is 0 Å². The fourth-order valence-corrected chi connectivity index (χ4v) is 2.06. The summed E-state index contributed by atoms with van der Waals surface area (Å²) < 4.78 is 0. The number of aryl methyl sites for hydroxylation is 1. The maximum absolute atomic E-state index is 4.24. The normalized spacial score (nSPS) is 13.4. The first-order chi connectivity index (χ1) is 7.08. The molecule has 1 atom stereocenters. The van der Waals surface area contributed by atoms with Crippen LogP contribution >= 0.6 is 11.3 Å². The van der Waals surface area contributed by atoms with Crippen LogP contribution in [0.1, 0.15) is 23.2 Å². The van der Waals surface area contributed by atoms with Crippen molar-refractivity contribution in [2.45, 2.75) is 32.9 Å². The molecule has 0 spiro atoms. The lowest BCUT2D eigenvalue weighted by molar-refractivity contribution is 0.366. The van der Waals surface area contributed by atoms with E-state index in [-0.39, 0.29) is 0 Å². The van der Waals surface area contributed by atoms with E-state index in [1.54, 1.807) is 11.3 Å². The van der Waals surface area contributed by atoms with Gasteiger partial charge in [-0.2, -0.15) is 0 Å². The maximum atomic E-state index is 4.24. The van der Waals surface area contributed by atoms with E-state index in [2.05, 4.69) is 36.2 Å². The smallest absolute Gasteiger partial charge is 0.0897 e. The van der Waals surface area contributed by atoms with Gasteiger partial charge < -0.3 is 10.2 Å².